The lowest BCUT2D eigenvalue weighted by Gasteiger charge is -2.16. The average Bonchev–Trinajstić information content (AvgIpc) is 3.17. The van der Waals surface area contributed by atoms with Crippen LogP contribution in [0.5, 0.6) is 0 Å². The second-order valence-corrected chi connectivity index (χ2v) is 6.78. The zero-order valence-corrected chi connectivity index (χ0v) is 15.6. The molecule has 0 spiro atoms. The van der Waals surface area contributed by atoms with Crippen LogP contribution in [0, 0.1) is 11.7 Å². The van der Waals surface area contributed by atoms with Crippen molar-refractivity contribution in [2.24, 2.45) is 11.7 Å². The number of hydrogen-bond donors (Lipinski definition) is 3. The fourth-order valence-corrected chi connectivity index (χ4v) is 3.22. The number of carbonyl (C=O) groups excluding carboxylic acids is 2. The maximum absolute atomic E-state index is 14.4. The lowest BCUT2D eigenvalue weighted by atomic mass is 10.00. The quantitative estimate of drug-likeness (QED) is 0.620. The molecule has 160 valence electrons. The third-order valence-electron chi connectivity index (χ3n) is 4.73. The first-order valence-corrected chi connectivity index (χ1v) is 9.07. The van der Waals surface area contributed by atoms with Crippen molar-refractivity contribution in [3.8, 4) is 0 Å². The summed E-state index contributed by atoms with van der Waals surface area (Å²) in [6.07, 6.45) is -5.25. The van der Waals surface area contributed by atoms with Gasteiger partial charge in [0.1, 0.15) is 11.9 Å². The second kappa shape index (κ2) is 8.70. The molecule has 0 radical (unpaired) electrons. The molecule has 1 heterocycles. The van der Waals surface area contributed by atoms with Crippen LogP contribution < -0.4 is 16.4 Å². The summed E-state index contributed by atoms with van der Waals surface area (Å²) in [4.78, 5) is 23.5. The van der Waals surface area contributed by atoms with Crippen LogP contribution >= 0.6 is 0 Å². The van der Waals surface area contributed by atoms with Crippen molar-refractivity contribution in [1.82, 2.24) is 5.32 Å². The van der Waals surface area contributed by atoms with E-state index in [4.69, 9.17) is 10.5 Å². The van der Waals surface area contributed by atoms with Gasteiger partial charge >= 0.3 is 6.18 Å². The molecule has 6 nitrogen and oxygen atoms in total. The van der Waals surface area contributed by atoms with E-state index in [0.717, 1.165) is 12.1 Å². The summed E-state index contributed by atoms with van der Waals surface area (Å²) in [6.45, 7) is 0.0614. The van der Waals surface area contributed by atoms with Crippen LogP contribution in [0.2, 0.25) is 0 Å². The van der Waals surface area contributed by atoms with Crippen molar-refractivity contribution in [3.63, 3.8) is 0 Å². The van der Waals surface area contributed by atoms with Crippen LogP contribution in [0.1, 0.15) is 17.5 Å². The van der Waals surface area contributed by atoms with Crippen molar-refractivity contribution >= 4 is 23.2 Å². The molecule has 2 amide bonds. The predicted molar refractivity (Wildman–Crippen MR) is 100 cm³/mol. The number of benzene rings is 2. The summed E-state index contributed by atoms with van der Waals surface area (Å²) in [7, 11) is 0. The minimum atomic E-state index is -4.56. The first kappa shape index (κ1) is 21.6. The number of ether oxygens (including phenoxy) is 1. The minimum Gasteiger partial charge on any atom is -0.368 e. The van der Waals surface area contributed by atoms with E-state index in [1.54, 1.807) is 0 Å². The largest absolute Gasteiger partial charge is 0.418 e. The molecule has 1 aliphatic heterocycles. The number of para-hydroxylation sites is 1. The van der Waals surface area contributed by atoms with E-state index in [0.29, 0.717) is 6.42 Å². The number of amides is 2. The summed E-state index contributed by atoms with van der Waals surface area (Å²) in [5, 5.41) is 5.09. The van der Waals surface area contributed by atoms with Crippen LogP contribution in [-0.2, 0) is 27.0 Å². The SMILES string of the molecule is NC(=O)C1OCCC1C(=O)NCc1ccc(Nc2ccccc2C(F)(F)F)cc1F. The van der Waals surface area contributed by atoms with Gasteiger partial charge in [-0.15, -0.1) is 0 Å². The monoisotopic (exact) mass is 425 g/mol. The zero-order valence-electron chi connectivity index (χ0n) is 15.6. The van der Waals surface area contributed by atoms with Crippen LogP contribution in [0.25, 0.3) is 0 Å². The maximum atomic E-state index is 14.4. The number of halogens is 4. The number of primary amides is 1. The Labute approximate surface area is 169 Å². The summed E-state index contributed by atoms with van der Waals surface area (Å²) in [5.74, 6) is -2.69. The van der Waals surface area contributed by atoms with Crippen molar-refractivity contribution < 1.29 is 31.9 Å². The predicted octanol–water partition coefficient (Wildman–Crippen LogP) is 3.09. The van der Waals surface area contributed by atoms with E-state index in [2.05, 4.69) is 10.6 Å². The number of rotatable bonds is 6. The molecule has 1 fully saturated rings. The highest BCUT2D eigenvalue weighted by molar-refractivity contribution is 5.89. The van der Waals surface area contributed by atoms with Crippen molar-refractivity contribution in [1.29, 1.82) is 0 Å². The van der Waals surface area contributed by atoms with E-state index in [1.807, 2.05) is 0 Å². The Bertz CT molecular complexity index is 949. The number of nitrogens with two attached hydrogens (primary N) is 1. The molecule has 30 heavy (non-hydrogen) atoms. The van der Waals surface area contributed by atoms with Gasteiger partial charge in [0.15, 0.2) is 0 Å². The molecule has 0 aliphatic carbocycles. The lowest BCUT2D eigenvalue weighted by molar-refractivity contribution is -0.137. The molecule has 2 atom stereocenters. The van der Waals surface area contributed by atoms with Gasteiger partial charge in [0, 0.05) is 24.4 Å². The van der Waals surface area contributed by atoms with E-state index < -0.39 is 41.4 Å². The number of nitrogens with one attached hydrogen (secondary N) is 2. The van der Waals surface area contributed by atoms with Crippen molar-refractivity contribution in [2.45, 2.75) is 25.2 Å². The Morgan fingerprint density at radius 2 is 1.90 bits per heavy atom. The van der Waals surface area contributed by atoms with Gasteiger partial charge in [0.2, 0.25) is 11.8 Å². The Morgan fingerprint density at radius 1 is 1.17 bits per heavy atom. The number of hydrogen-bond acceptors (Lipinski definition) is 4. The molecule has 0 aromatic heterocycles. The third-order valence-corrected chi connectivity index (χ3v) is 4.73. The van der Waals surface area contributed by atoms with Gasteiger partial charge in [-0.25, -0.2) is 4.39 Å². The highest BCUT2D eigenvalue weighted by Crippen LogP contribution is 2.36. The summed E-state index contributed by atoms with van der Waals surface area (Å²) in [6, 6.07) is 8.66. The Balaban J connectivity index is 1.67. The zero-order chi connectivity index (χ0) is 21.9. The smallest absolute Gasteiger partial charge is 0.368 e. The maximum Gasteiger partial charge on any atom is 0.418 e. The molecule has 1 saturated heterocycles. The molecule has 2 unspecified atom stereocenters. The lowest BCUT2D eigenvalue weighted by Crippen LogP contribution is -2.41. The van der Waals surface area contributed by atoms with E-state index in [9.17, 15) is 27.2 Å². The molecule has 0 saturated carbocycles. The summed E-state index contributed by atoms with van der Waals surface area (Å²) < 4.78 is 58.8. The molecule has 4 N–H and O–H groups in total. The average molecular weight is 425 g/mol. The third kappa shape index (κ3) is 4.88. The highest BCUT2D eigenvalue weighted by atomic mass is 19.4. The van der Waals surface area contributed by atoms with Crippen LogP contribution in [0.15, 0.2) is 42.5 Å². The number of carbonyl (C=O) groups is 2. The first-order valence-electron chi connectivity index (χ1n) is 9.07. The van der Waals surface area contributed by atoms with Crippen LogP contribution in [0.3, 0.4) is 0 Å². The van der Waals surface area contributed by atoms with Crippen molar-refractivity contribution in [3.05, 3.63) is 59.4 Å². The summed E-state index contributed by atoms with van der Waals surface area (Å²) in [5.41, 5.74) is 4.37. The Morgan fingerprint density at radius 3 is 2.57 bits per heavy atom. The van der Waals surface area contributed by atoms with Gasteiger partial charge < -0.3 is 21.1 Å². The molecule has 2 aromatic carbocycles. The van der Waals surface area contributed by atoms with Crippen molar-refractivity contribution in [2.75, 3.05) is 11.9 Å². The molecule has 3 rings (SSSR count). The molecule has 2 aromatic rings. The molecular weight excluding hydrogens is 406 g/mol. The molecule has 0 bridgehead atoms. The number of alkyl halides is 3. The molecule has 10 heteroatoms. The van der Waals surface area contributed by atoms with E-state index in [-0.39, 0.29) is 30.1 Å². The second-order valence-electron chi connectivity index (χ2n) is 6.78. The topological polar surface area (TPSA) is 93.5 Å². The highest BCUT2D eigenvalue weighted by Gasteiger charge is 2.37. The van der Waals surface area contributed by atoms with Gasteiger partial charge in [-0.2, -0.15) is 13.2 Å². The Kier molecular flexibility index (Phi) is 6.25. The van der Waals surface area contributed by atoms with Gasteiger partial charge in [0.05, 0.1) is 17.2 Å². The Hall–Kier alpha value is -3.14. The number of anilines is 2. The fraction of sp³-hybridized carbons (Fsp3) is 0.300. The normalized spacial score (nSPS) is 18.8. The van der Waals surface area contributed by atoms with E-state index >= 15 is 0 Å². The molecule has 1 aliphatic rings. The fourth-order valence-electron chi connectivity index (χ4n) is 3.22. The minimum absolute atomic E-state index is 0.122. The van der Waals surface area contributed by atoms with Gasteiger partial charge in [-0.3, -0.25) is 9.59 Å². The standard InChI is InChI=1S/C20H19F4N3O3/c21-15-9-12(27-16-4-2-1-3-14(16)20(22,23)24)6-5-11(15)10-26-19(29)13-7-8-30-17(13)18(25)28/h1-6,9,13,17,27H,7-8,10H2,(H2,25,28)(H,26,29). The van der Waals surface area contributed by atoms with E-state index in [1.165, 1.54) is 30.3 Å². The van der Waals surface area contributed by atoms with Gasteiger partial charge in [0.25, 0.3) is 0 Å². The first-order chi connectivity index (χ1) is 14.2. The van der Waals surface area contributed by atoms with Gasteiger partial charge in [-0.1, -0.05) is 18.2 Å². The van der Waals surface area contributed by atoms with Gasteiger partial charge in [-0.05, 0) is 30.7 Å². The van der Waals surface area contributed by atoms with Crippen LogP contribution in [0.4, 0.5) is 28.9 Å². The van der Waals surface area contributed by atoms with Crippen LogP contribution in [-0.4, -0.2) is 24.5 Å². The summed E-state index contributed by atoms with van der Waals surface area (Å²) >= 11 is 0. The molecular formula is C20H19F4N3O3.